The lowest BCUT2D eigenvalue weighted by molar-refractivity contribution is 0.288. The number of ether oxygens (including phenoxy) is 1. The molecule has 0 bridgehead atoms. The predicted molar refractivity (Wildman–Crippen MR) is 66.4 cm³/mol. The number of aromatic nitrogens is 3. The zero-order valence-corrected chi connectivity index (χ0v) is 10.6. The van der Waals surface area contributed by atoms with E-state index in [0.717, 1.165) is 11.4 Å². The Morgan fingerprint density at radius 1 is 1.39 bits per heavy atom. The molecule has 5 nitrogen and oxygen atoms in total. The van der Waals surface area contributed by atoms with Crippen molar-refractivity contribution < 1.29 is 4.74 Å². The molecule has 0 aliphatic rings. The summed E-state index contributed by atoms with van der Waals surface area (Å²) in [7, 11) is 0. The lowest BCUT2D eigenvalue weighted by atomic mass is 10.3. The first kappa shape index (κ1) is 12.4. The molecular formula is C12H11ClN4O. The Morgan fingerprint density at radius 3 is 2.72 bits per heavy atom. The van der Waals surface area contributed by atoms with Gasteiger partial charge in [0.25, 0.3) is 0 Å². The minimum Gasteiger partial charge on any atom is -0.492 e. The monoisotopic (exact) mass is 262 g/mol. The van der Waals surface area contributed by atoms with E-state index in [4.69, 9.17) is 21.6 Å². The van der Waals surface area contributed by atoms with Gasteiger partial charge in [-0.15, -0.1) is 5.10 Å². The van der Waals surface area contributed by atoms with Crippen LogP contribution in [0.15, 0.2) is 24.3 Å². The first-order valence-corrected chi connectivity index (χ1v) is 5.77. The number of hydrogen-bond donors (Lipinski definition) is 0. The number of hydrogen-bond acceptors (Lipinski definition) is 4. The van der Waals surface area contributed by atoms with E-state index >= 15 is 0 Å². The highest BCUT2D eigenvalue weighted by Crippen LogP contribution is 2.15. The Kier molecular flexibility index (Phi) is 3.80. The van der Waals surface area contributed by atoms with Crippen molar-refractivity contribution in [2.24, 2.45) is 0 Å². The van der Waals surface area contributed by atoms with Crippen molar-refractivity contribution in [3.63, 3.8) is 0 Å². The third-order valence-corrected chi connectivity index (χ3v) is 2.73. The Morgan fingerprint density at radius 2 is 2.11 bits per heavy atom. The molecule has 0 amide bonds. The van der Waals surface area contributed by atoms with Gasteiger partial charge in [-0.3, -0.25) is 0 Å². The second-order valence-electron chi connectivity index (χ2n) is 3.66. The maximum Gasteiger partial charge on any atom is 0.185 e. The molecular weight excluding hydrogens is 252 g/mol. The number of nitriles is 1. The molecule has 0 aliphatic heterocycles. The summed E-state index contributed by atoms with van der Waals surface area (Å²) in [6.45, 7) is 2.81. The molecule has 18 heavy (non-hydrogen) atoms. The Labute approximate surface area is 110 Å². The average molecular weight is 263 g/mol. The molecule has 2 aromatic rings. The van der Waals surface area contributed by atoms with Crippen LogP contribution in [0.3, 0.4) is 0 Å². The number of benzene rings is 1. The van der Waals surface area contributed by atoms with Gasteiger partial charge in [-0.25, -0.2) is 4.68 Å². The van der Waals surface area contributed by atoms with Crippen LogP contribution in [0.1, 0.15) is 11.4 Å². The van der Waals surface area contributed by atoms with Crippen molar-refractivity contribution in [3.8, 4) is 11.8 Å². The second-order valence-corrected chi connectivity index (χ2v) is 4.10. The van der Waals surface area contributed by atoms with E-state index < -0.39 is 0 Å². The van der Waals surface area contributed by atoms with Crippen molar-refractivity contribution in [2.75, 3.05) is 6.61 Å². The predicted octanol–water partition coefficient (Wildman–Crippen LogP) is 2.19. The van der Waals surface area contributed by atoms with Crippen molar-refractivity contribution in [3.05, 3.63) is 40.7 Å². The van der Waals surface area contributed by atoms with Crippen LogP contribution in [0.4, 0.5) is 0 Å². The largest absolute Gasteiger partial charge is 0.492 e. The van der Waals surface area contributed by atoms with Gasteiger partial charge in [-0.2, -0.15) is 5.26 Å². The second kappa shape index (κ2) is 5.52. The highest BCUT2D eigenvalue weighted by Gasteiger charge is 2.06. The molecule has 1 aromatic carbocycles. The molecule has 0 spiro atoms. The van der Waals surface area contributed by atoms with Gasteiger partial charge >= 0.3 is 0 Å². The smallest absolute Gasteiger partial charge is 0.185 e. The molecule has 0 fully saturated rings. The fourth-order valence-corrected chi connectivity index (χ4v) is 1.58. The number of halogens is 1. The van der Waals surface area contributed by atoms with Crippen molar-refractivity contribution in [1.29, 1.82) is 5.26 Å². The summed E-state index contributed by atoms with van der Waals surface area (Å²) in [5, 5.41) is 17.1. The third-order valence-electron chi connectivity index (χ3n) is 2.47. The van der Waals surface area contributed by atoms with Gasteiger partial charge in [0.05, 0.1) is 12.2 Å². The quantitative estimate of drug-likeness (QED) is 0.847. The standard InChI is InChI=1S/C12H11ClN4O/c1-9-12(8-14)15-16-17(9)6-7-18-11-4-2-10(13)3-5-11/h2-5H,6-7H2,1H3. The Hall–Kier alpha value is -2.06. The average Bonchev–Trinajstić information content (AvgIpc) is 2.73. The van der Waals surface area contributed by atoms with Crippen LogP contribution in [-0.4, -0.2) is 21.6 Å². The highest BCUT2D eigenvalue weighted by molar-refractivity contribution is 6.30. The molecule has 0 radical (unpaired) electrons. The van der Waals surface area contributed by atoms with E-state index in [9.17, 15) is 0 Å². The maximum atomic E-state index is 8.75. The summed E-state index contributed by atoms with van der Waals surface area (Å²) < 4.78 is 7.18. The first-order chi connectivity index (χ1) is 8.70. The molecule has 2 rings (SSSR count). The zero-order valence-electron chi connectivity index (χ0n) is 9.80. The Bertz CT molecular complexity index is 571. The zero-order chi connectivity index (χ0) is 13.0. The van der Waals surface area contributed by atoms with E-state index in [1.165, 1.54) is 0 Å². The van der Waals surface area contributed by atoms with Gasteiger partial charge in [-0.05, 0) is 31.2 Å². The SMILES string of the molecule is Cc1c(C#N)nnn1CCOc1ccc(Cl)cc1. The van der Waals surface area contributed by atoms with Gasteiger partial charge < -0.3 is 4.74 Å². The lowest BCUT2D eigenvalue weighted by Crippen LogP contribution is -2.11. The summed E-state index contributed by atoms with van der Waals surface area (Å²) >= 11 is 5.77. The van der Waals surface area contributed by atoms with Crippen LogP contribution in [0, 0.1) is 18.3 Å². The molecule has 1 aromatic heterocycles. The van der Waals surface area contributed by atoms with Crippen LogP contribution in [-0.2, 0) is 6.54 Å². The van der Waals surface area contributed by atoms with Crippen molar-refractivity contribution in [2.45, 2.75) is 13.5 Å². The molecule has 6 heteroatoms. The van der Waals surface area contributed by atoms with Crippen LogP contribution < -0.4 is 4.74 Å². The van der Waals surface area contributed by atoms with Crippen LogP contribution in [0.2, 0.25) is 5.02 Å². The van der Waals surface area contributed by atoms with Gasteiger partial charge in [-0.1, -0.05) is 16.8 Å². The molecule has 0 aliphatic carbocycles. The molecule has 0 N–H and O–H groups in total. The van der Waals surface area contributed by atoms with E-state index in [1.54, 1.807) is 35.9 Å². The van der Waals surface area contributed by atoms with Gasteiger partial charge in [0, 0.05) is 5.02 Å². The number of rotatable bonds is 4. The van der Waals surface area contributed by atoms with E-state index in [0.29, 0.717) is 23.9 Å². The van der Waals surface area contributed by atoms with E-state index in [-0.39, 0.29) is 0 Å². The first-order valence-electron chi connectivity index (χ1n) is 5.39. The van der Waals surface area contributed by atoms with Crippen LogP contribution >= 0.6 is 11.6 Å². The number of nitrogens with zero attached hydrogens (tertiary/aromatic N) is 4. The normalized spacial score (nSPS) is 10.1. The molecule has 1 heterocycles. The molecule has 92 valence electrons. The summed E-state index contributed by atoms with van der Waals surface area (Å²) in [4.78, 5) is 0. The molecule has 0 unspecified atom stereocenters. The van der Waals surface area contributed by atoms with Gasteiger partial charge in [0.15, 0.2) is 5.69 Å². The van der Waals surface area contributed by atoms with Gasteiger partial charge in [0.2, 0.25) is 0 Å². The fourth-order valence-electron chi connectivity index (χ4n) is 1.46. The third kappa shape index (κ3) is 2.79. The molecule has 0 saturated heterocycles. The summed E-state index contributed by atoms with van der Waals surface area (Å²) in [5.41, 5.74) is 1.10. The lowest BCUT2D eigenvalue weighted by Gasteiger charge is -2.06. The minimum absolute atomic E-state index is 0.349. The molecule has 0 atom stereocenters. The van der Waals surface area contributed by atoms with Crippen LogP contribution in [0.25, 0.3) is 0 Å². The highest BCUT2D eigenvalue weighted by atomic mass is 35.5. The van der Waals surface area contributed by atoms with Crippen molar-refractivity contribution >= 4 is 11.6 Å². The minimum atomic E-state index is 0.349. The Balaban J connectivity index is 1.90. The maximum absolute atomic E-state index is 8.75. The topological polar surface area (TPSA) is 63.7 Å². The summed E-state index contributed by atoms with van der Waals surface area (Å²) in [6, 6.07) is 9.12. The molecule has 0 saturated carbocycles. The summed E-state index contributed by atoms with van der Waals surface area (Å²) in [6.07, 6.45) is 0. The van der Waals surface area contributed by atoms with Gasteiger partial charge in [0.1, 0.15) is 18.4 Å². The fraction of sp³-hybridized carbons (Fsp3) is 0.250. The van der Waals surface area contributed by atoms with E-state index in [1.807, 2.05) is 6.07 Å². The summed E-state index contributed by atoms with van der Waals surface area (Å²) in [5.74, 6) is 0.748. The van der Waals surface area contributed by atoms with E-state index in [2.05, 4.69) is 10.3 Å². The van der Waals surface area contributed by atoms with Crippen molar-refractivity contribution in [1.82, 2.24) is 15.0 Å². The van der Waals surface area contributed by atoms with Crippen LogP contribution in [0.5, 0.6) is 5.75 Å².